The van der Waals surface area contributed by atoms with Gasteiger partial charge < -0.3 is 25.1 Å². The number of amides is 2. The summed E-state index contributed by atoms with van der Waals surface area (Å²) in [4.78, 5) is 27.0. The second-order valence-electron chi connectivity index (χ2n) is 8.20. The number of nitrogens with zero attached hydrogens (tertiary/aromatic N) is 1. The van der Waals surface area contributed by atoms with E-state index in [4.69, 9.17) is 20.3 Å². The molecule has 2 amide bonds. The molecule has 3 heterocycles. The normalized spacial score (nSPS) is 14.7. The van der Waals surface area contributed by atoms with Gasteiger partial charge in [0.2, 0.25) is 11.5 Å². The Hall–Kier alpha value is -3.81. The molecule has 2 aliphatic rings. The molecule has 0 bridgehead atoms. The first-order chi connectivity index (χ1) is 15.5. The third kappa shape index (κ3) is 3.28. The molecule has 2 aromatic carbocycles. The zero-order chi connectivity index (χ0) is 22.4. The number of carbonyl (C=O) groups is 2. The van der Waals surface area contributed by atoms with Crippen LogP contribution in [-0.4, -0.2) is 32.0 Å². The largest absolute Gasteiger partial charge is 0.495 e. The molecule has 0 saturated heterocycles. The maximum Gasteiger partial charge on any atom is 0.261 e. The average molecular weight is 432 g/mol. The van der Waals surface area contributed by atoms with Crippen molar-refractivity contribution in [2.45, 2.75) is 25.7 Å². The first-order valence-electron chi connectivity index (χ1n) is 10.7. The van der Waals surface area contributed by atoms with Gasteiger partial charge in [0.15, 0.2) is 0 Å². The standard InChI is InChI=1S/C24H24N4O4/c1-31-19-7-6-14(22(25)29)12-18(19)27-24(30)17-11-15-10-13-4-2-8-28-9-3-5-16(20(13)28)21(15)32-23(17)26/h6-7,10-12,26H,2-5,8-9H2,1H3,(H2,25,29)(H,27,30). The van der Waals surface area contributed by atoms with Crippen molar-refractivity contribution in [2.75, 3.05) is 30.4 Å². The highest BCUT2D eigenvalue weighted by Gasteiger charge is 2.27. The second kappa shape index (κ2) is 7.71. The summed E-state index contributed by atoms with van der Waals surface area (Å²) in [5.74, 6) is -0.752. The lowest BCUT2D eigenvalue weighted by Crippen LogP contribution is -2.34. The van der Waals surface area contributed by atoms with E-state index in [1.807, 2.05) is 0 Å². The summed E-state index contributed by atoms with van der Waals surface area (Å²) < 4.78 is 11.2. The highest BCUT2D eigenvalue weighted by atomic mass is 16.5. The summed E-state index contributed by atoms with van der Waals surface area (Å²) in [5.41, 5.74) is 10.2. The van der Waals surface area contributed by atoms with Gasteiger partial charge in [-0.15, -0.1) is 0 Å². The van der Waals surface area contributed by atoms with E-state index in [0.717, 1.165) is 49.7 Å². The maximum absolute atomic E-state index is 13.1. The van der Waals surface area contributed by atoms with Gasteiger partial charge in [-0.25, -0.2) is 0 Å². The Labute approximate surface area is 184 Å². The van der Waals surface area contributed by atoms with Gasteiger partial charge in [0.1, 0.15) is 16.9 Å². The molecule has 8 heteroatoms. The molecule has 32 heavy (non-hydrogen) atoms. The number of anilines is 2. The number of primary amides is 1. The molecule has 0 fully saturated rings. The minimum absolute atomic E-state index is 0.111. The van der Waals surface area contributed by atoms with E-state index < -0.39 is 11.8 Å². The second-order valence-corrected chi connectivity index (χ2v) is 8.20. The zero-order valence-electron chi connectivity index (χ0n) is 17.8. The number of nitrogens with two attached hydrogens (primary N) is 1. The van der Waals surface area contributed by atoms with Crippen LogP contribution in [0, 0.1) is 5.41 Å². The summed E-state index contributed by atoms with van der Waals surface area (Å²) in [6.07, 6.45) is 4.05. The number of nitrogens with one attached hydrogen (secondary N) is 2. The number of carbonyl (C=O) groups excluding carboxylic acids is 2. The number of ether oxygens (including phenoxy) is 1. The molecule has 2 aliphatic heterocycles. The van der Waals surface area contributed by atoms with Crippen LogP contribution in [0.15, 0.2) is 34.7 Å². The third-order valence-electron chi connectivity index (χ3n) is 6.23. The molecule has 8 nitrogen and oxygen atoms in total. The molecule has 4 N–H and O–H groups in total. The highest BCUT2D eigenvalue weighted by molar-refractivity contribution is 6.07. The molecule has 0 atom stereocenters. The minimum atomic E-state index is -0.613. The highest BCUT2D eigenvalue weighted by Crippen LogP contribution is 2.39. The van der Waals surface area contributed by atoms with E-state index in [2.05, 4.69) is 16.3 Å². The van der Waals surface area contributed by atoms with Crippen LogP contribution < -0.4 is 26.2 Å². The van der Waals surface area contributed by atoms with Gasteiger partial charge in [-0.1, -0.05) is 0 Å². The van der Waals surface area contributed by atoms with E-state index in [1.165, 1.54) is 30.5 Å². The van der Waals surface area contributed by atoms with Crippen LogP contribution in [0.5, 0.6) is 5.75 Å². The topological polar surface area (TPSA) is 122 Å². The van der Waals surface area contributed by atoms with Crippen LogP contribution in [0.1, 0.15) is 44.7 Å². The SMILES string of the molecule is COc1ccc(C(N)=O)cc1NC(=O)c1cc2cc3c4c(c2oc1=N)CCCN4CCC3. The lowest BCUT2D eigenvalue weighted by molar-refractivity contribution is 0.0995. The van der Waals surface area contributed by atoms with Crippen LogP contribution in [-0.2, 0) is 12.8 Å². The van der Waals surface area contributed by atoms with Crippen LogP contribution in [0.2, 0.25) is 0 Å². The van der Waals surface area contributed by atoms with Gasteiger partial charge in [-0.2, -0.15) is 0 Å². The Morgan fingerprint density at radius 2 is 1.94 bits per heavy atom. The Balaban J connectivity index is 1.57. The van der Waals surface area contributed by atoms with Crippen LogP contribution in [0.3, 0.4) is 0 Å². The smallest absolute Gasteiger partial charge is 0.261 e. The molecule has 0 aliphatic carbocycles. The Bertz CT molecular complexity index is 1330. The van der Waals surface area contributed by atoms with Crippen LogP contribution in [0.25, 0.3) is 11.0 Å². The average Bonchev–Trinajstić information content (AvgIpc) is 2.79. The van der Waals surface area contributed by atoms with E-state index in [9.17, 15) is 9.59 Å². The fourth-order valence-corrected chi connectivity index (χ4v) is 4.78. The van der Waals surface area contributed by atoms with Crippen molar-refractivity contribution >= 4 is 34.2 Å². The molecule has 0 unspecified atom stereocenters. The summed E-state index contributed by atoms with van der Waals surface area (Å²) in [5, 5.41) is 11.9. The van der Waals surface area contributed by atoms with Gasteiger partial charge in [0.25, 0.3) is 5.91 Å². The first kappa shape index (κ1) is 20.1. The van der Waals surface area contributed by atoms with Crippen molar-refractivity contribution in [1.29, 1.82) is 5.41 Å². The molecule has 0 spiro atoms. The fraction of sp³-hybridized carbons (Fsp3) is 0.292. The van der Waals surface area contributed by atoms with Gasteiger partial charge in [-0.3, -0.25) is 15.0 Å². The number of methoxy groups -OCH3 is 1. The van der Waals surface area contributed by atoms with Gasteiger partial charge >= 0.3 is 0 Å². The maximum atomic E-state index is 13.1. The van der Waals surface area contributed by atoms with E-state index in [-0.39, 0.29) is 16.7 Å². The Morgan fingerprint density at radius 3 is 2.69 bits per heavy atom. The quantitative estimate of drug-likeness (QED) is 0.585. The Kier molecular flexibility index (Phi) is 4.84. The van der Waals surface area contributed by atoms with E-state index in [1.54, 1.807) is 12.1 Å². The third-order valence-corrected chi connectivity index (χ3v) is 6.23. The molecule has 0 radical (unpaired) electrons. The lowest BCUT2D eigenvalue weighted by atomic mass is 9.90. The summed E-state index contributed by atoms with van der Waals surface area (Å²) >= 11 is 0. The van der Waals surface area contributed by atoms with Crippen molar-refractivity contribution in [2.24, 2.45) is 5.73 Å². The van der Waals surface area contributed by atoms with Crippen LogP contribution >= 0.6 is 0 Å². The van der Waals surface area contributed by atoms with Gasteiger partial charge in [0.05, 0.1) is 12.8 Å². The van der Waals surface area contributed by atoms with E-state index >= 15 is 0 Å². The molecule has 3 aromatic rings. The number of rotatable bonds is 4. The zero-order valence-corrected chi connectivity index (χ0v) is 17.8. The Morgan fingerprint density at radius 1 is 1.16 bits per heavy atom. The molecule has 1 aromatic heterocycles. The summed E-state index contributed by atoms with van der Waals surface area (Å²) in [6, 6.07) is 8.34. The van der Waals surface area contributed by atoms with Crippen molar-refractivity contribution in [3.8, 4) is 5.75 Å². The molecular weight excluding hydrogens is 408 g/mol. The summed E-state index contributed by atoms with van der Waals surface area (Å²) in [6.45, 7) is 2.10. The monoisotopic (exact) mass is 432 g/mol. The van der Waals surface area contributed by atoms with Crippen molar-refractivity contribution < 1.29 is 18.7 Å². The van der Waals surface area contributed by atoms with Gasteiger partial charge in [-0.05, 0) is 61.6 Å². The molecule has 5 rings (SSSR count). The number of aryl methyl sites for hydroxylation is 2. The first-order valence-corrected chi connectivity index (χ1v) is 10.7. The molecule has 164 valence electrons. The van der Waals surface area contributed by atoms with Crippen molar-refractivity contribution in [3.05, 3.63) is 58.1 Å². The lowest BCUT2D eigenvalue weighted by Gasteiger charge is -2.37. The minimum Gasteiger partial charge on any atom is -0.495 e. The number of fused-ring (bicyclic) bond motifs is 2. The number of hydrogen-bond acceptors (Lipinski definition) is 6. The fourth-order valence-electron chi connectivity index (χ4n) is 4.78. The predicted molar refractivity (Wildman–Crippen MR) is 120 cm³/mol. The predicted octanol–water partition coefficient (Wildman–Crippen LogP) is 2.97. The van der Waals surface area contributed by atoms with Crippen molar-refractivity contribution in [3.63, 3.8) is 0 Å². The van der Waals surface area contributed by atoms with Crippen LogP contribution in [0.4, 0.5) is 11.4 Å². The molecule has 0 saturated carbocycles. The summed E-state index contributed by atoms with van der Waals surface area (Å²) in [7, 11) is 1.47. The van der Waals surface area contributed by atoms with Gasteiger partial charge in [0, 0.05) is 35.3 Å². The van der Waals surface area contributed by atoms with Crippen molar-refractivity contribution in [1.82, 2.24) is 0 Å². The number of hydrogen-bond donors (Lipinski definition) is 3. The van der Waals surface area contributed by atoms with E-state index in [0.29, 0.717) is 17.0 Å². The number of benzene rings is 2. The molecular formula is C24H24N4O4.